The maximum Gasteiger partial charge on any atom is 0.328 e. The molecule has 1 aromatic rings. The molecule has 2 saturated heterocycles. The highest BCUT2D eigenvalue weighted by Gasteiger charge is 2.69. The van der Waals surface area contributed by atoms with Gasteiger partial charge in [0.05, 0.1) is 22.0 Å². The average Bonchev–Trinajstić information content (AvgIpc) is 2.79. The van der Waals surface area contributed by atoms with Crippen molar-refractivity contribution in [1.29, 1.82) is 0 Å². The van der Waals surface area contributed by atoms with Gasteiger partial charge in [-0.1, -0.05) is 34.8 Å². The number of carbonyl (C=O) groups excluding carboxylic acids is 2. The molecule has 2 fully saturated rings. The number of aliphatic carboxylic acids is 1. The molecule has 3 rings (SSSR count). The van der Waals surface area contributed by atoms with E-state index in [2.05, 4.69) is 4.99 Å². The Hall–Kier alpha value is -2.08. The minimum atomic E-state index is -4.14. The van der Waals surface area contributed by atoms with E-state index in [9.17, 15) is 38.1 Å². The Morgan fingerprint density at radius 3 is 2.30 bits per heavy atom. The maximum absolute atomic E-state index is 12.8. The molecule has 162 valence electrons. The van der Waals surface area contributed by atoms with E-state index >= 15 is 0 Å². The zero-order chi connectivity index (χ0) is 22.8. The molecule has 0 bridgehead atoms. The number of carbonyl (C=O) groups is 3. The maximum atomic E-state index is 12.8. The normalized spacial score (nSPS) is 27.2. The number of nitrogens with zero attached hydrogens (tertiary/aromatic N) is 2. The van der Waals surface area contributed by atoms with E-state index in [0.717, 1.165) is 18.0 Å². The molecule has 2 heterocycles. The molecule has 1 amide bonds. The summed E-state index contributed by atoms with van der Waals surface area (Å²) in [5, 5.41) is 26.0. The van der Waals surface area contributed by atoms with Gasteiger partial charge in [-0.3, -0.25) is 14.6 Å². The molecule has 10 nitrogen and oxygen atoms in total. The predicted molar refractivity (Wildman–Crippen MR) is 106 cm³/mol. The molecule has 0 unspecified atom stereocenters. The summed E-state index contributed by atoms with van der Waals surface area (Å²) in [7, 11) is -4.14. The van der Waals surface area contributed by atoms with Gasteiger partial charge in [0, 0.05) is 6.21 Å². The third kappa shape index (κ3) is 2.95. The van der Waals surface area contributed by atoms with Gasteiger partial charge in [0.1, 0.15) is 21.7 Å². The number of hydrogen-bond donors (Lipinski definition) is 3. The summed E-state index contributed by atoms with van der Waals surface area (Å²) in [6, 6.07) is -1.70. The summed E-state index contributed by atoms with van der Waals surface area (Å²) >= 11 is 17.5. The number of hydrogen-bond acceptors (Lipinski definition) is 8. The van der Waals surface area contributed by atoms with Crippen LogP contribution in [0.4, 0.5) is 0 Å². The van der Waals surface area contributed by atoms with Crippen molar-refractivity contribution in [1.82, 2.24) is 4.90 Å². The minimum absolute atomic E-state index is 0.328. The van der Waals surface area contributed by atoms with E-state index in [1.807, 2.05) is 0 Å². The summed E-state index contributed by atoms with van der Waals surface area (Å²) in [4.78, 5) is 40.4. The first kappa shape index (κ1) is 22.6. The van der Waals surface area contributed by atoms with Gasteiger partial charge in [-0.15, -0.1) is 0 Å². The molecule has 3 atom stereocenters. The van der Waals surface area contributed by atoms with E-state index in [1.54, 1.807) is 0 Å². The third-order valence-corrected chi connectivity index (χ3v) is 8.98. The number of β-lactam (4-membered cyclic amide) rings is 1. The second kappa shape index (κ2) is 7.26. The third-order valence-electron chi connectivity index (χ3n) is 5.11. The van der Waals surface area contributed by atoms with Crippen molar-refractivity contribution in [2.45, 2.75) is 29.5 Å². The number of rotatable bonds is 5. The van der Waals surface area contributed by atoms with Gasteiger partial charge in [0.25, 0.3) is 0 Å². The fourth-order valence-corrected chi connectivity index (χ4v) is 6.52. The van der Waals surface area contributed by atoms with E-state index in [-0.39, 0.29) is 6.42 Å². The summed E-state index contributed by atoms with van der Waals surface area (Å²) in [5.41, 5.74) is -0.455. The van der Waals surface area contributed by atoms with E-state index < -0.39 is 82.3 Å². The highest BCUT2D eigenvalue weighted by atomic mass is 35.5. The van der Waals surface area contributed by atoms with Gasteiger partial charge in [-0.25, -0.2) is 13.2 Å². The molecular formula is C16H13Cl3N2O8S. The number of phenols is 2. The first-order chi connectivity index (χ1) is 13.8. The lowest BCUT2D eigenvalue weighted by atomic mass is 9.97. The number of carboxylic acids is 1. The minimum Gasteiger partial charge on any atom is -0.503 e. The van der Waals surface area contributed by atoms with E-state index in [4.69, 9.17) is 34.8 Å². The second-order valence-corrected chi connectivity index (χ2v) is 10.5. The molecule has 0 radical (unpaired) electrons. The Morgan fingerprint density at radius 1 is 1.20 bits per heavy atom. The number of Topliss-reactive ketones (excluding diaryl/α,β-unsaturated/α-hetero) is 1. The first-order valence-electron chi connectivity index (χ1n) is 8.17. The number of ketones is 1. The van der Waals surface area contributed by atoms with Crippen LogP contribution in [0.1, 0.15) is 23.7 Å². The number of amides is 1. The number of aromatic hydroxyl groups is 2. The SMILES string of the molecule is C[C@]1(C=NCC(=O)c2c(Cl)c(O)c(O)c(Cl)c2Cl)[C@H](C(=O)O)N2C(=O)C[C@H]2S1(=O)=O. The van der Waals surface area contributed by atoms with Gasteiger partial charge >= 0.3 is 5.97 Å². The van der Waals surface area contributed by atoms with Gasteiger partial charge in [-0.05, 0) is 6.92 Å². The summed E-state index contributed by atoms with van der Waals surface area (Å²) < 4.78 is 23.5. The summed E-state index contributed by atoms with van der Waals surface area (Å²) in [5.74, 6) is -4.73. The molecule has 0 aliphatic carbocycles. The van der Waals surface area contributed by atoms with Crippen molar-refractivity contribution in [3.63, 3.8) is 0 Å². The molecule has 14 heteroatoms. The standard InChI is InChI=1S/C16H13Cl3N2O8S/c1-16(14(15(26)27)21-6(23)2-7(21)30(16,28)29)4-20-3-5(22)8-9(17)11(19)13(25)12(24)10(8)18/h4,7,14,24-25H,2-3H2,1H3,(H,26,27)/t7-,14+,16+/m1/s1. The van der Waals surface area contributed by atoms with E-state index in [1.165, 1.54) is 0 Å². The Bertz CT molecular complexity index is 1110. The zero-order valence-electron chi connectivity index (χ0n) is 15.0. The van der Waals surface area contributed by atoms with Crippen LogP contribution < -0.4 is 0 Å². The molecule has 0 spiro atoms. The van der Waals surface area contributed by atoms with Crippen molar-refractivity contribution in [3.8, 4) is 11.5 Å². The molecule has 2 aliphatic rings. The van der Waals surface area contributed by atoms with Crippen LogP contribution in [0.25, 0.3) is 0 Å². The van der Waals surface area contributed by atoms with Crippen LogP contribution in [0, 0.1) is 0 Å². The van der Waals surface area contributed by atoms with Gasteiger partial charge in [0.2, 0.25) is 5.91 Å². The number of carboxylic acid groups (broad SMARTS) is 1. The molecule has 3 N–H and O–H groups in total. The van der Waals surface area contributed by atoms with Crippen LogP contribution in [0.5, 0.6) is 11.5 Å². The van der Waals surface area contributed by atoms with Crippen molar-refractivity contribution in [2.75, 3.05) is 6.54 Å². The number of sulfone groups is 1. The average molecular weight is 500 g/mol. The number of halogens is 3. The fraction of sp³-hybridized carbons (Fsp3) is 0.375. The predicted octanol–water partition coefficient (Wildman–Crippen LogP) is 1.51. The Morgan fingerprint density at radius 2 is 1.77 bits per heavy atom. The molecule has 0 aromatic heterocycles. The molecular weight excluding hydrogens is 487 g/mol. The number of fused-ring (bicyclic) bond motifs is 1. The molecule has 1 aromatic carbocycles. The molecule has 0 saturated carbocycles. The van der Waals surface area contributed by atoms with Crippen molar-refractivity contribution in [3.05, 3.63) is 20.6 Å². The number of benzene rings is 1. The highest BCUT2D eigenvalue weighted by molar-refractivity contribution is 7.94. The molecule has 2 aliphatic heterocycles. The lowest BCUT2D eigenvalue weighted by molar-refractivity contribution is -0.156. The van der Waals surface area contributed by atoms with Crippen LogP contribution in [0.2, 0.25) is 15.1 Å². The topological polar surface area (TPSA) is 162 Å². The van der Waals surface area contributed by atoms with Gasteiger partial charge in [0.15, 0.2) is 33.2 Å². The Labute approximate surface area is 184 Å². The second-order valence-electron chi connectivity index (χ2n) is 6.84. The van der Waals surface area contributed by atoms with Gasteiger partial charge < -0.3 is 20.2 Å². The highest BCUT2D eigenvalue weighted by Crippen LogP contribution is 2.47. The van der Waals surface area contributed by atoms with E-state index in [0.29, 0.717) is 0 Å². The van der Waals surface area contributed by atoms with Crippen LogP contribution >= 0.6 is 34.8 Å². The van der Waals surface area contributed by atoms with Gasteiger partial charge in [-0.2, -0.15) is 0 Å². The van der Waals surface area contributed by atoms with Crippen LogP contribution in [0.3, 0.4) is 0 Å². The summed E-state index contributed by atoms with van der Waals surface area (Å²) in [6.45, 7) is 0.375. The quantitative estimate of drug-likeness (QED) is 0.180. The lowest BCUT2D eigenvalue weighted by Gasteiger charge is -2.35. The zero-order valence-corrected chi connectivity index (χ0v) is 18.0. The van der Waals surface area contributed by atoms with Crippen molar-refractivity contribution in [2.24, 2.45) is 4.99 Å². The van der Waals surface area contributed by atoms with Crippen LogP contribution in [-0.4, -0.2) is 75.2 Å². The van der Waals surface area contributed by atoms with Crippen LogP contribution in [0.15, 0.2) is 4.99 Å². The monoisotopic (exact) mass is 498 g/mol. The van der Waals surface area contributed by atoms with Crippen molar-refractivity contribution >= 4 is 68.5 Å². The number of aliphatic imine (C=N–C) groups is 1. The number of phenolic OH excluding ortho intramolecular Hbond substituents is 2. The largest absolute Gasteiger partial charge is 0.503 e. The fourth-order valence-electron chi connectivity index (χ4n) is 3.47. The Kier molecular flexibility index (Phi) is 5.47. The summed E-state index contributed by atoms with van der Waals surface area (Å²) in [6.07, 6.45) is 0.472. The van der Waals surface area contributed by atoms with Crippen LogP contribution in [-0.2, 0) is 19.4 Å². The smallest absolute Gasteiger partial charge is 0.328 e. The lowest BCUT2D eigenvalue weighted by Crippen LogP contribution is -2.57. The Balaban J connectivity index is 1.94. The molecule has 30 heavy (non-hydrogen) atoms. The van der Waals surface area contributed by atoms with Crippen molar-refractivity contribution < 1.29 is 38.1 Å². The first-order valence-corrected chi connectivity index (χ1v) is 10.8.